The number of hydrogen-bond donors (Lipinski definition) is 1. The van der Waals surface area contributed by atoms with Gasteiger partial charge in [0, 0.05) is 57.1 Å². The van der Waals surface area contributed by atoms with Crippen LogP contribution in [0.25, 0.3) is 0 Å². The molecular weight excluding hydrogens is 352 g/mol. The lowest BCUT2D eigenvalue weighted by Crippen LogP contribution is -2.36. The standard InChI is InChI=1S/C22H40N4O2/c1-23-12-14-25(2)15-19-21(20-7-5-6-13-26(20)24-19)18-8-10-22(11-9-18,16-27-3)17-28-4/h18,23H,5-17H2,1-4H3. The van der Waals surface area contributed by atoms with Gasteiger partial charge in [0.1, 0.15) is 0 Å². The van der Waals surface area contributed by atoms with Crippen LogP contribution in [-0.2, 0) is 29.0 Å². The Morgan fingerprint density at radius 3 is 2.54 bits per heavy atom. The lowest BCUT2D eigenvalue weighted by atomic mass is 9.69. The fourth-order valence-corrected chi connectivity index (χ4v) is 5.26. The summed E-state index contributed by atoms with van der Waals surface area (Å²) in [7, 11) is 7.86. The summed E-state index contributed by atoms with van der Waals surface area (Å²) < 4.78 is 13.4. The maximum Gasteiger partial charge on any atom is 0.0802 e. The summed E-state index contributed by atoms with van der Waals surface area (Å²) in [5.41, 5.74) is 4.63. The fraction of sp³-hybridized carbons (Fsp3) is 0.864. The van der Waals surface area contributed by atoms with Gasteiger partial charge in [0.25, 0.3) is 0 Å². The summed E-state index contributed by atoms with van der Waals surface area (Å²) in [5.74, 6) is 0.636. The fourth-order valence-electron chi connectivity index (χ4n) is 5.26. The molecule has 160 valence electrons. The smallest absolute Gasteiger partial charge is 0.0802 e. The molecule has 2 heterocycles. The zero-order valence-electron chi connectivity index (χ0n) is 18.4. The highest BCUT2D eigenvalue weighted by molar-refractivity contribution is 5.32. The van der Waals surface area contributed by atoms with Gasteiger partial charge in [0.2, 0.25) is 0 Å². The van der Waals surface area contributed by atoms with Gasteiger partial charge in [-0.3, -0.25) is 9.58 Å². The summed E-state index contributed by atoms with van der Waals surface area (Å²) in [6.45, 7) is 5.72. The Balaban J connectivity index is 1.78. The predicted molar refractivity (Wildman–Crippen MR) is 113 cm³/mol. The first-order chi connectivity index (χ1) is 13.6. The minimum absolute atomic E-state index is 0.191. The Kier molecular flexibility index (Phi) is 7.92. The molecule has 1 saturated carbocycles. The van der Waals surface area contributed by atoms with E-state index in [0.717, 1.165) is 39.4 Å². The topological polar surface area (TPSA) is 51.6 Å². The molecule has 1 aromatic rings. The van der Waals surface area contributed by atoms with Gasteiger partial charge >= 0.3 is 0 Å². The van der Waals surface area contributed by atoms with Crippen molar-refractivity contribution in [3.8, 4) is 0 Å². The average Bonchev–Trinajstić information content (AvgIpc) is 3.05. The van der Waals surface area contributed by atoms with Gasteiger partial charge < -0.3 is 14.8 Å². The van der Waals surface area contributed by atoms with Gasteiger partial charge in [0.15, 0.2) is 0 Å². The van der Waals surface area contributed by atoms with Crippen LogP contribution < -0.4 is 5.32 Å². The number of methoxy groups -OCH3 is 2. The summed E-state index contributed by atoms with van der Waals surface area (Å²) in [5, 5.41) is 8.34. The van der Waals surface area contributed by atoms with Crippen LogP contribution in [0.5, 0.6) is 0 Å². The summed E-state index contributed by atoms with van der Waals surface area (Å²) in [6, 6.07) is 0. The van der Waals surface area contributed by atoms with Gasteiger partial charge in [0.05, 0.1) is 18.9 Å². The van der Waals surface area contributed by atoms with Gasteiger partial charge in [-0.2, -0.15) is 5.10 Å². The normalized spacial score (nSPS) is 19.9. The van der Waals surface area contributed by atoms with Crippen molar-refractivity contribution in [2.24, 2.45) is 5.41 Å². The van der Waals surface area contributed by atoms with Crippen molar-refractivity contribution in [1.82, 2.24) is 20.0 Å². The van der Waals surface area contributed by atoms with E-state index < -0.39 is 0 Å². The maximum absolute atomic E-state index is 5.56. The molecule has 1 fully saturated rings. The summed E-state index contributed by atoms with van der Waals surface area (Å²) in [6.07, 6.45) is 8.56. The SMILES string of the molecule is CNCCN(C)Cc1nn2c(c1C1CCC(COC)(COC)CC1)CCCC2. The molecule has 2 aliphatic rings. The number of aryl methyl sites for hydroxylation is 1. The molecule has 0 aromatic carbocycles. The van der Waals surface area contributed by atoms with E-state index in [4.69, 9.17) is 14.6 Å². The maximum atomic E-state index is 5.56. The minimum atomic E-state index is 0.191. The number of ether oxygens (including phenoxy) is 2. The van der Waals surface area contributed by atoms with Gasteiger partial charge in [-0.05, 0) is 65.0 Å². The van der Waals surface area contributed by atoms with Gasteiger partial charge in [-0.25, -0.2) is 0 Å². The monoisotopic (exact) mass is 392 g/mol. The third-order valence-corrected chi connectivity index (χ3v) is 6.73. The largest absolute Gasteiger partial charge is 0.384 e. The lowest BCUT2D eigenvalue weighted by Gasteiger charge is -2.39. The van der Waals surface area contributed by atoms with Gasteiger partial charge in [-0.15, -0.1) is 0 Å². The second-order valence-corrected chi connectivity index (χ2v) is 8.97. The lowest BCUT2D eigenvalue weighted by molar-refractivity contribution is -0.0170. The molecule has 1 aliphatic carbocycles. The molecule has 0 amide bonds. The Hall–Kier alpha value is -0.950. The first kappa shape index (κ1) is 21.8. The number of nitrogens with one attached hydrogen (secondary N) is 1. The Morgan fingerprint density at radius 1 is 1.18 bits per heavy atom. The molecule has 1 aliphatic heterocycles. The van der Waals surface area contributed by atoms with Crippen LogP contribution in [-0.4, -0.2) is 69.3 Å². The van der Waals surface area contributed by atoms with Crippen LogP contribution in [0.2, 0.25) is 0 Å². The van der Waals surface area contributed by atoms with E-state index in [1.165, 1.54) is 56.3 Å². The van der Waals surface area contributed by atoms with Crippen LogP contribution in [0.15, 0.2) is 0 Å². The van der Waals surface area contributed by atoms with Crippen LogP contribution in [0.1, 0.15) is 61.4 Å². The van der Waals surface area contributed by atoms with E-state index >= 15 is 0 Å². The molecule has 0 unspecified atom stereocenters. The molecule has 0 atom stereocenters. The minimum Gasteiger partial charge on any atom is -0.384 e. The number of likely N-dealkylation sites (N-methyl/N-ethyl adjacent to an activating group) is 2. The highest BCUT2D eigenvalue weighted by Gasteiger charge is 2.38. The molecule has 1 aromatic heterocycles. The Labute approximate surface area is 170 Å². The molecule has 6 heteroatoms. The molecule has 1 N–H and O–H groups in total. The molecule has 28 heavy (non-hydrogen) atoms. The number of aromatic nitrogens is 2. The van der Waals surface area contributed by atoms with Crippen molar-refractivity contribution >= 4 is 0 Å². The van der Waals surface area contributed by atoms with Crippen molar-refractivity contribution in [2.45, 2.75) is 64.0 Å². The second kappa shape index (κ2) is 10.2. The zero-order chi connectivity index (χ0) is 20.0. The molecule has 6 nitrogen and oxygen atoms in total. The number of nitrogens with zero attached hydrogens (tertiary/aromatic N) is 3. The Morgan fingerprint density at radius 2 is 1.89 bits per heavy atom. The van der Waals surface area contributed by atoms with Gasteiger partial charge in [-0.1, -0.05) is 0 Å². The van der Waals surface area contributed by atoms with Crippen molar-refractivity contribution in [2.75, 3.05) is 54.6 Å². The molecule has 3 rings (SSSR count). The van der Waals surface area contributed by atoms with Crippen molar-refractivity contribution in [1.29, 1.82) is 0 Å². The highest BCUT2D eigenvalue weighted by Crippen LogP contribution is 2.45. The molecule has 0 saturated heterocycles. The van der Waals surface area contributed by atoms with Crippen molar-refractivity contribution in [3.05, 3.63) is 17.0 Å². The third kappa shape index (κ3) is 4.96. The van der Waals surface area contributed by atoms with Crippen LogP contribution >= 0.6 is 0 Å². The predicted octanol–water partition coefficient (Wildman–Crippen LogP) is 2.81. The summed E-state index contributed by atoms with van der Waals surface area (Å²) >= 11 is 0. The quantitative estimate of drug-likeness (QED) is 0.664. The number of hydrogen-bond acceptors (Lipinski definition) is 5. The molecular formula is C22H40N4O2. The molecule has 0 bridgehead atoms. The molecule has 0 spiro atoms. The van der Waals surface area contributed by atoms with E-state index in [-0.39, 0.29) is 5.41 Å². The first-order valence-electron chi connectivity index (χ1n) is 11.0. The van der Waals surface area contributed by atoms with Crippen LogP contribution in [0.3, 0.4) is 0 Å². The number of fused-ring (bicyclic) bond motifs is 1. The van der Waals surface area contributed by atoms with E-state index in [1.807, 2.05) is 21.3 Å². The second-order valence-electron chi connectivity index (χ2n) is 8.97. The van der Waals surface area contributed by atoms with E-state index in [0.29, 0.717) is 5.92 Å². The Bertz CT molecular complexity index is 600. The highest BCUT2D eigenvalue weighted by atomic mass is 16.5. The zero-order valence-corrected chi connectivity index (χ0v) is 18.4. The van der Waals surface area contributed by atoms with Crippen molar-refractivity contribution in [3.63, 3.8) is 0 Å². The summed E-state index contributed by atoms with van der Waals surface area (Å²) in [4.78, 5) is 2.40. The number of rotatable bonds is 10. The van der Waals surface area contributed by atoms with E-state index in [1.54, 1.807) is 5.56 Å². The van der Waals surface area contributed by atoms with Crippen LogP contribution in [0.4, 0.5) is 0 Å². The first-order valence-corrected chi connectivity index (χ1v) is 11.0. The van der Waals surface area contributed by atoms with Crippen LogP contribution in [0, 0.1) is 5.41 Å². The van der Waals surface area contributed by atoms with E-state index in [2.05, 4.69) is 21.9 Å². The van der Waals surface area contributed by atoms with E-state index in [9.17, 15) is 0 Å². The average molecular weight is 393 g/mol. The third-order valence-electron chi connectivity index (χ3n) is 6.73. The molecule has 0 radical (unpaired) electrons. The van der Waals surface area contributed by atoms with Crippen molar-refractivity contribution < 1.29 is 9.47 Å².